The van der Waals surface area contributed by atoms with Crippen molar-refractivity contribution in [3.63, 3.8) is 0 Å². The van der Waals surface area contributed by atoms with Crippen molar-refractivity contribution in [2.75, 3.05) is 32.8 Å². The summed E-state index contributed by atoms with van der Waals surface area (Å²) in [7, 11) is 0. The molecule has 0 aromatic heterocycles. The number of hydrogen-bond acceptors (Lipinski definition) is 3. The van der Waals surface area contributed by atoms with Gasteiger partial charge in [0.2, 0.25) is 0 Å². The standard InChI is InChI=1S/C17H34N2O/c1-15(2)12-19-10-6-16(7-11-19)18-13-17(14-20)8-4-3-5-9-17/h15-16,18,20H,3-14H2,1-2H3. The van der Waals surface area contributed by atoms with Gasteiger partial charge in [-0.25, -0.2) is 0 Å². The van der Waals surface area contributed by atoms with Crippen molar-refractivity contribution in [1.82, 2.24) is 10.2 Å². The van der Waals surface area contributed by atoms with Crippen molar-refractivity contribution >= 4 is 0 Å². The fourth-order valence-corrected chi connectivity index (χ4v) is 3.89. The van der Waals surface area contributed by atoms with Crippen molar-refractivity contribution in [3.8, 4) is 0 Å². The van der Waals surface area contributed by atoms with Gasteiger partial charge in [0.15, 0.2) is 0 Å². The third-order valence-corrected chi connectivity index (χ3v) is 5.23. The molecule has 1 saturated heterocycles. The Kier molecular flexibility index (Phi) is 6.31. The molecule has 1 heterocycles. The molecule has 2 N–H and O–H groups in total. The van der Waals surface area contributed by atoms with Gasteiger partial charge in [-0.15, -0.1) is 0 Å². The van der Waals surface area contributed by atoms with Crippen molar-refractivity contribution in [2.45, 2.75) is 64.8 Å². The van der Waals surface area contributed by atoms with E-state index < -0.39 is 0 Å². The van der Waals surface area contributed by atoms with Crippen molar-refractivity contribution in [3.05, 3.63) is 0 Å². The third-order valence-electron chi connectivity index (χ3n) is 5.23. The highest BCUT2D eigenvalue weighted by molar-refractivity contribution is 4.87. The van der Waals surface area contributed by atoms with Crippen LogP contribution in [0.3, 0.4) is 0 Å². The highest BCUT2D eigenvalue weighted by Crippen LogP contribution is 2.35. The Balaban J connectivity index is 1.70. The van der Waals surface area contributed by atoms with Crippen LogP contribution in [0.1, 0.15) is 58.8 Å². The number of rotatable bonds is 6. The molecular formula is C17H34N2O. The minimum absolute atomic E-state index is 0.188. The molecule has 1 aliphatic carbocycles. The molecule has 1 saturated carbocycles. The minimum Gasteiger partial charge on any atom is -0.396 e. The Morgan fingerprint density at radius 2 is 1.80 bits per heavy atom. The Morgan fingerprint density at radius 1 is 1.15 bits per heavy atom. The summed E-state index contributed by atoms with van der Waals surface area (Å²) in [5.74, 6) is 0.777. The van der Waals surface area contributed by atoms with E-state index in [0.717, 1.165) is 12.5 Å². The maximum atomic E-state index is 9.76. The van der Waals surface area contributed by atoms with E-state index in [1.54, 1.807) is 0 Å². The SMILES string of the molecule is CC(C)CN1CCC(NCC2(CO)CCCCC2)CC1. The molecule has 118 valence electrons. The molecule has 2 fully saturated rings. The van der Waals surface area contributed by atoms with E-state index in [1.165, 1.54) is 64.6 Å². The number of piperidine rings is 1. The number of nitrogens with zero attached hydrogens (tertiary/aromatic N) is 1. The molecule has 2 aliphatic rings. The summed E-state index contributed by atoms with van der Waals surface area (Å²) in [5, 5.41) is 13.5. The Hall–Kier alpha value is -0.120. The van der Waals surface area contributed by atoms with Crippen LogP contribution in [-0.2, 0) is 0 Å². The molecule has 0 aromatic carbocycles. The average Bonchev–Trinajstić information content (AvgIpc) is 2.47. The molecular weight excluding hydrogens is 248 g/mol. The van der Waals surface area contributed by atoms with Crippen LogP contribution in [0.2, 0.25) is 0 Å². The quantitative estimate of drug-likeness (QED) is 0.786. The Morgan fingerprint density at radius 3 is 2.35 bits per heavy atom. The topological polar surface area (TPSA) is 35.5 Å². The maximum absolute atomic E-state index is 9.76. The van der Waals surface area contributed by atoms with E-state index in [2.05, 4.69) is 24.1 Å². The van der Waals surface area contributed by atoms with Crippen LogP contribution in [0.5, 0.6) is 0 Å². The van der Waals surface area contributed by atoms with Gasteiger partial charge in [-0.1, -0.05) is 33.1 Å². The first kappa shape index (κ1) is 16.3. The van der Waals surface area contributed by atoms with Crippen LogP contribution in [0.25, 0.3) is 0 Å². The van der Waals surface area contributed by atoms with E-state index >= 15 is 0 Å². The summed E-state index contributed by atoms with van der Waals surface area (Å²) in [6, 6.07) is 0.670. The second kappa shape index (κ2) is 7.77. The van der Waals surface area contributed by atoms with Crippen LogP contribution in [0, 0.1) is 11.3 Å². The zero-order chi connectivity index (χ0) is 14.4. The van der Waals surface area contributed by atoms with Crippen LogP contribution in [-0.4, -0.2) is 48.8 Å². The van der Waals surface area contributed by atoms with Gasteiger partial charge in [-0.2, -0.15) is 0 Å². The van der Waals surface area contributed by atoms with E-state index in [-0.39, 0.29) is 5.41 Å². The Bertz CT molecular complexity index is 266. The molecule has 0 aromatic rings. The molecule has 20 heavy (non-hydrogen) atoms. The minimum atomic E-state index is 0.188. The van der Waals surface area contributed by atoms with E-state index in [1.807, 2.05) is 0 Å². The fourth-order valence-electron chi connectivity index (χ4n) is 3.89. The second-order valence-corrected chi connectivity index (χ2v) is 7.57. The first-order valence-electron chi connectivity index (χ1n) is 8.70. The molecule has 0 amide bonds. The lowest BCUT2D eigenvalue weighted by atomic mass is 9.74. The second-order valence-electron chi connectivity index (χ2n) is 7.57. The first-order chi connectivity index (χ1) is 9.63. The lowest BCUT2D eigenvalue weighted by Gasteiger charge is -2.39. The largest absolute Gasteiger partial charge is 0.396 e. The fraction of sp³-hybridized carbons (Fsp3) is 1.00. The highest BCUT2D eigenvalue weighted by atomic mass is 16.3. The van der Waals surface area contributed by atoms with Crippen molar-refractivity contribution in [2.24, 2.45) is 11.3 Å². The Labute approximate surface area is 125 Å². The zero-order valence-electron chi connectivity index (χ0n) is 13.5. The monoisotopic (exact) mass is 282 g/mol. The molecule has 0 spiro atoms. The third kappa shape index (κ3) is 4.71. The molecule has 3 heteroatoms. The number of nitrogens with one attached hydrogen (secondary N) is 1. The van der Waals surface area contributed by atoms with Crippen LogP contribution in [0.4, 0.5) is 0 Å². The number of likely N-dealkylation sites (tertiary alicyclic amines) is 1. The zero-order valence-corrected chi connectivity index (χ0v) is 13.5. The van der Waals surface area contributed by atoms with Gasteiger partial charge >= 0.3 is 0 Å². The van der Waals surface area contributed by atoms with Gasteiger partial charge in [-0.05, 0) is 44.7 Å². The molecule has 0 unspecified atom stereocenters. The summed E-state index contributed by atoms with van der Waals surface area (Å²) in [6.07, 6.45) is 8.92. The molecule has 2 rings (SSSR count). The summed E-state index contributed by atoms with van der Waals surface area (Å²) < 4.78 is 0. The van der Waals surface area contributed by atoms with Crippen LogP contribution < -0.4 is 5.32 Å². The van der Waals surface area contributed by atoms with Gasteiger partial charge in [0.1, 0.15) is 0 Å². The van der Waals surface area contributed by atoms with Crippen molar-refractivity contribution < 1.29 is 5.11 Å². The van der Waals surface area contributed by atoms with Gasteiger partial charge in [0.05, 0.1) is 0 Å². The summed E-state index contributed by atoms with van der Waals surface area (Å²) in [5.41, 5.74) is 0.188. The summed E-state index contributed by atoms with van der Waals surface area (Å²) >= 11 is 0. The smallest absolute Gasteiger partial charge is 0.0499 e. The molecule has 1 aliphatic heterocycles. The molecule has 0 radical (unpaired) electrons. The lowest BCUT2D eigenvalue weighted by molar-refractivity contribution is 0.0735. The summed E-state index contributed by atoms with van der Waals surface area (Å²) in [4.78, 5) is 2.60. The number of aliphatic hydroxyl groups excluding tert-OH is 1. The molecule has 3 nitrogen and oxygen atoms in total. The van der Waals surface area contributed by atoms with Gasteiger partial charge in [-0.3, -0.25) is 0 Å². The molecule has 0 bridgehead atoms. The number of aliphatic hydroxyl groups is 1. The summed E-state index contributed by atoms with van der Waals surface area (Å²) in [6.45, 7) is 9.72. The van der Waals surface area contributed by atoms with E-state index in [4.69, 9.17) is 0 Å². The molecule has 0 atom stereocenters. The van der Waals surface area contributed by atoms with Gasteiger partial charge in [0, 0.05) is 31.2 Å². The lowest BCUT2D eigenvalue weighted by Crippen LogP contribution is -2.48. The van der Waals surface area contributed by atoms with E-state index in [9.17, 15) is 5.11 Å². The van der Waals surface area contributed by atoms with E-state index in [0.29, 0.717) is 12.6 Å². The van der Waals surface area contributed by atoms with Crippen LogP contribution >= 0.6 is 0 Å². The van der Waals surface area contributed by atoms with Gasteiger partial charge < -0.3 is 15.3 Å². The first-order valence-corrected chi connectivity index (χ1v) is 8.70. The maximum Gasteiger partial charge on any atom is 0.0499 e. The predicted molar refractivity (Wildman–Crippen MR) is 84.9 cm³/mol. The predicted octanol–water partition coefficient (Wildman–Crippen LogP) is 2.64. The average molecular weight is 282 g/mol. The normalized spacial score (nSPS) is 25.2. The van der Waals surface area contributed by atoms with Crippen LogP contribution in [0.15, 0.2) is 0 Å². The van der Waals surface area contributed by atoms with Crippen molar-refractivity contribution in [1.29, 1.82) is 0 Å². The van der Waals surface area contributed by atoms with Gasteiger partial charge in [0.25, 0.3) is 0 Å². The highest BCUT2D eigenvalue weighted by Gasteiger charge is 2.32. The number of hydrogen-bond donors (Lipinski definition) is 2.